The summed E-state index contributed by atoms with van der Waals surface area (Å²) in [7, 11) is 4.69. The van der Waals surface area contributed by atoms with Crippen molar-refractivity contribution in [3.05, 3.63) is 52.4 Å². The second-order valence-electron chi connectivity index (χ2n) is 5.81. The molecule has 3 rings (SSSR count). The number of carbonyl (C=O) groups is 1. The fraction of sp³-hybridized carbons (Fsp3) is 0.200. The summed E-state index contributed by atoms with van der Waals surface area (Å²) in [5.41, 5.74) is 2.53. The smallest absolute Gasteiger partial charge is 0.270 e. The summed E-state index contributed by atoms with van der Waals surface area (Å²) < 4.78 is 16.6. The fourth-order valence-electron chi connectivity index (χ4n) is 2.76. The van der Waals surface area contributed by atoms with Gasteiger partial charge in [0.1, 0.15) is 5.75 Å². The minimum atomic E-state index is -0.160. The summed E-state index contributed by atoms with van der Waals surface area (Å²) in [6, 6.07) is 11.2. The van der Waals surface area contributed by atoms with Gasteiger partial charge in [-0.3, -0.25) is 9.69 Å². The van der Waals surface area contributed by atoms with Crippen LogP contribution in [0.25, 0.3) is 6.08 Å². The maximum absolute atomic E-state index is 13.0. The zero-order valence-electron chi connectivity index (χ0n) is 15.4. The minimum absolute atomic E-state index is 0.160. The molecule has 0 atom stereocenters. The number of hydrogen-bond acceptors (Lipinski definition) is 6. The first-order valence-corrected chi connectivity index (χ1v) is 9.35. The Bertz CT molecular complexity index is 940. The number of aryl methyl sites for hydroxylation is 1. The van der Waals surface area contributed by atoms with E-state index in [0.29, 0.717) is 32.0 Å². The molecule has 1 saturated heterocycles. The first-order valence-electron chi connectivity index (χ1n) is 8.13. The molecule has 2 aromatic carbocycles. The molecule has 0 aromatic heterocycles. The van der Waals surface area contributed by atoms with Crippen molar-refractivity contribution in [3.63, 3.8) is 0 Å². The predicted octanol–water partition coefficient (Wildman–Crippen LogP) is 4.43. The molecule has 140 valence electrons. The predicted molar refractivity (Wildman–Crippen MR) is 113 cm³/mol. The monoisotopic (exact) mass is 401 g/mol. The van der Waals surface area contributed by atoms with Gasteiger partial charge in [0.05, 0.1) is 31.9 Å². The van der Waals surface area contributed by atoms with Gasteiger partial charge in [0, 0.05) is 11.6 Å². The van der Waals surface area contributed by atoms with Crippen LogP contribution in [0.4, 0.5) is 5.69 Å². The molecule has 0 saturated carbocycles. The van der Waals surface area contributed by atoms with E-state index in [1.807, 2.05) is 31.2 Å². The van der Waals surface area contributed by atoms with E-state index in [1.54, 1.807) is 44.4 Å². The lowest BCUT2D eigenvalue weighted by molar-refractivity contribution is -0.113. The van der Waals surface area contributed by atoms with Crippen LogP contribution in [0.2, 0.25) is 0 Å². The summed E-state index contributed by atoms with van der Waals surface area (Å²) in [5, 5.41) is 0. The zero-order chi connectivity index (χ0) is 19.6. The third-order valence-corrected chi connectivity index (χ3v) is 5.38. The van der Waals surface area contributed by atoms with Crippen molar-refractivity contribution in [1.29, 1.82) is 0 Å². The van der Waals surface area contributed by atoms with Crippen LogP contribution in [0.3, 0.4) is 0 Å². The standard InChI is InChI=1S/C20H19NO4S2/c1-12-6-5-7-14(8-12)21-19(22)18(27-20(21)26)10-13-9-16(24-3)17(25-4)11-15(13)23-2/h5-11H,1-4H3/b18-10-. The van der Waals surface area contributed by atoms with Crippen LogP contribution in [-0.4, -0.2) is 31.6 Å². The Hall–Kier alpha value is -2.51. The quantitative estimate of drug-likeness (QED) is 0.546. The number of thiocarbonyl (C=S) groups is 1. The van der Waals surface area contributed by atoms with Crippen LogP contribution in [0, 0.1) is 6.92 Å². The van der Waals surface area contributed by atoms with Crippen molar-refractivity contribution in [2.45, 2.75) is 6.92 Å². The fourth-order valence-corrected chi connectivity index (χ4v) is 4.05. The lowest BCUT2D eigenvalue weighted by Gasteiger charge is -2.15. The molecule has 27 heavy (non-hydrogen) atoms. The first-order chi connectivity index (χ1) is 13.0. The van der Waals surface area contributed by atoms with Gasteiger partial charge >= 0.3 is 0 Å². The Labute approximate surface area is 167 Å². The molecule has 0 radical (unpaired) electrons. The molecular formula is C20H19NO4S2. The van der Waals surface area contributed by atoms with Gasteiger partial charge in [-0.05, 0) is 36.8 Å². The second-order valence-corrected chi connectivity index (χ2v) is 7.48. The number of benzene rings is 2. The van der Waals surface area contributed by atoms with E-state index < -0.39 is 0 Å². The number of amides is 1. The van der Waals surface area contributed by atoms with Crippen molar-refractivity contribution >= 4 is 46.0 Å². The Morgan fingerprint density at radius 1 is 1.00 bits per heavy atom. The van der Waals surface area contributed by atoms with E-state index in [9.17, 15) is 4.79 Å². The molecule has 0 unspecified atom stereocenters. The van der Waals surface area contributed by atoms with Gasteiger partial charge in [0.15, 0.2) is 15.8 Å². The van der Waals surface area contributed by atoms with Gasteiger partial charge in [-0.2, -0.15) is 0 Å². The topological polar surface area (TPSA) is 48.0 Å². The molecule has 0 N–H and O–H groups in total. The van der Waals surface area contributed by atoms with Crippen molar-refractivity contribution in [1.82, 2.24) is 0 Å². The normalized spacial score (nSPS) is 15.4. The van der Waals surface area contributed by atoms with Crippen molar-refractivity contribution in [2.24, 2.45) is 0 Å². The molecule has 1 aliphatic heterocycles. The molecule has 7 heteroatoms. The summed E-state index contributed by atoms with van der Waals surface area (Å²) >= 11 is 6.70. The van der Waals surface area contributed by atoms with Gasteiger partial charge in [-0.1, -0.05) is 36.1 Å². The number of hydrogen-bond donors (Lipinski definition) is 0. The maximum atomic E-state index is 13.0. The third-order valence-electron chi connectivity index (χ3n) is 4.08. The van der Waals surface area contributed by atoms with E-state index in [-0.39, 0.29) is 5.91 Å². The summed E-state index contributed by atoms with van der Waals surface area (Å²) in [6.45, 7) is 1.98. The Morgan fingerprint density at radius 2 is 1.67 bits per heavy atom. The summed E-state index contributed by atoms with van der Waals surface area (Å²) in [6.07, 6.45) is 1.76. The average Bonchev–Trinajstić information content (AvgIpc) is 2.94. The van der Waals surface area contributed by atoms with Crippen molar-refractivity contribution < 1.29 is 19.0 Å². The number of nitrogens with zero attached hydrogens (tertiary/aromatic N) is 1. The van der Waals surface area contributed by atoms with E-state index in [0.717, 1.165) is 11.3 Å². The molecular weight excluding hydrogens is 382 g/mol. The van der Waals surface area contributed by atoms with E-state index in [1.165, 1.54) is 11.8 Å². The summed E-state index contributed by atoms with van der Waals surface area (Å²) in [4.78, 5) is 15.0. The second kappa shape index (κ2) is 8.02. The highest BCUT2D eigenvalue weighted by Gasteiger charge is 2.33. The van der Waals surface area contributed by atoms with Gasteiger partial charge in [-0.25, -0.2) is 0 Å². The molecule has 0 aliphatic carbocycles. The van der Waals surface area contributed by atoms with E-state index in [4.69, 9.17) is 26.4 Å². The highest BCUT2D eigenvalue weighted by atomic mass is 32.2. The molecule has 1 fully saturated rings. The number of thioether (sulfide) groups is 1. The highest BCUT2D eigenvalue weighted by Crippen LogP contribution is 2.40. The zero-order valence-corrected chi connectivity index (χ0v) is 17.1. The number of anilines is 1. The van der Waals surface area contributed by atoms with Gasteiger partial charge in [0.2, 0.25) is 0 Å². The number of methoxy groups -OCH3 is 3. The summed E-state index contributed by atoms with van der Waals surface area (Å²) in [5.74, 6) is 1.53. The largest absolute Gasteiger partial charge is 0.496 e. The number of rotatable bonds is 5. The van der Waals surface area contributed by atoms with Gasteiger partial charge in [0.25, 0.3) is 5.91 Å². The van der Waals surface area contributed by atoms with Gasteiger partial charge < -0.3 is 14.2 Å². The molecule has 1 amide bonds. The average molecular weight is 402 g/mol. The molecule has 0 spiro atoms. The van der Waals surface area contributed by atoms with Crippen LogP contribution in [-0.2, 0) is 4.79 Å². The Balaban J connectivity index is 2.01. The Morgan fingerprint density at radius 3 is 2.30 bits per heavy atom. The van der Waals surface area contributed by atoms with Crippen molar-refractivity contribution in [3.8, 4) is 17.2 Å². The lowest BCUT2D eigenvalue weighted by Crippen LogP contribution is -2.27. The van der Waals surface area contributed by atoms with Gasteiger partial charge in [-0.15, -0.1) is 0 Å². The molecule has 5 nitrogen and oxygen atoms in total. The first kappa shape index (κ1) is 19.3. The van der Waals surface area contributed by atoms with Crippen LogP contribution < -0.4 is 19.1 Å². The lowest BCUT2D eigenvalue weighted by atomic mass is 10.1. The molecule has 1 aliphatic rings. The maximum Gasteiger partial charge on any atom is 0.270 e. The number of ether oxygens (including phenoxy) is 3. The van der Waals surface area contributed by atoms with Crippen LogP contribution in [0.15, 0.2) is 41.3 Å². The van der Waals surface area contributed by atoms with E-state index >= 15 is 0 Å². The van der Waals surface area contributed by atoms with Crippen LogP contribution in [0.1, 0.15) is 11.1 Å². The van der Waals surface area contributed by atoms with Crippen LogP contribution >= 0.6 is 24.0 Å². The van der Waals surface area contributed by atoms with E-state index in [2.05, 4.69) is 0 Å². The van der Waals surface area contributed by atoms with Crippen LogP contribution in [0.5, 0.6) is 17.2 Å². The molecule has 2 aromatic rings. The highest BCUT2D eigenvalue weighted by molar-refractivity contribution is 8.27. The number of carbonyl (C=O) groups excluding carboxylic acids is 1. The van der Waals surface area contributed by atoms with Crippen molar-refractivity contribution in [2.75, 3.05) is 26.2 Å². The third kappa shape index (κ3) is 3.79. The minimum Gasteiger partial charge on any atom is -0.496 e. The Kier molecular flexibility index (Phi) is 5.72. The molecule has 0 bridgehead atoms. The SMILES string of the molecule is COc1cc(OC)c(OC)cc1/C=C1\SC(=S)N(c2cccc(C)c2)C1=O. The molecule has 1 heterocycles.